The van der Waals surface area contributed by atoms with Gasteiger partial charge in [0.05, 0.1) is 25.9 Å². The van der Waals surface area contributed by atoms with Crippen LogP contribution in [0, 0.1) is 0 Å². The van der Waals surface area contributed by atoms with Gasteiger partial charge in [0.2, 0.25) is 5.91 Å². The van der Waals surface area contributed by atoms with E-state index in [4.69, 9.17) is 14.6 Å². The molecule has 0 radical (unpaired) electrons. The number of hydrogen-bond acceptors (Lipinski definition) is 5. The Morgan fingerprint density at radius 1 is 1.21 bits per heavy atom. The van der Waals surface area contributed by atoms with Crippen molar-refractivity contribution in [2.24, 2.45) is 0 Å². The number of anilines is 1. The molecular weight excluding hydrogens is 312 g/mol. The molecule has 0 bridgehead atoms. The van der Waals surface area contributed by atoms with Gasteiger partial charge in [0.1, 0.15) is 12.3 Å². The number of hydrogen-bond donors (Lipinski definition) is 1. The molecule has 1 fully saturated rings. The number of carboxylic acids is 1. The molecule has 1 aliphatic rings. The van der Waals surface area contributed by atoms with Gasteiger partial charge in [0, 0.05) is 18.8 Å². The topological polar surface area (TPSA) is 79.3 Å². The zero-order valence-corrected chi connectivity index (χ0v) is 14.3. The van der Waals surface area contributed by atoms with Crippen LogP contribution in [0.2, 0.25) is 0 Å². The lowest BCUT2D eigenvalue weighted by Gasteiger charge is -2.36. The monoisotopic (exact) mass is 336 g/mol. The Balaban J connectivity index is 2.09. The van der Waals surface area contributed by atoms with Gasteiger partial charge in [-0.25, -0.2) is 0 Å². The number of rotatable bonds is 6. The van der Waals surface area contributed by atoms with Crippen LogP contribution >= 0.6 is 0 Å². The molecule has 0 aliphatic carbocycles. The summed E-state index contributed by atoms with van der Waals surface area (Å²) in [6, 6.07) is 6.99. The third-order valence-electron chi connectivity index (χ3n) is 3.86. The fourth-order valence-corrected chi connectivity index (χ4v) is 2.84. The number of amides is 1. The summed E-state index contributed by atoms with van der Waals surface area (Å²) in [6.45, 7) is 4.66. The van der Waals surface area contributed by atoms with E-state index in [-0.39, 0.29) is 31.2 Å². The van der Waals surface area contributed by atoms with E-state index < -0.39 is 5.97 Å². The minimum atomic E-state index is -0.984. The summed E-state index contributed by atoms with van der Waals surface area (Å²) in [4.78, 5) is 27.0. The Bertz CT molecular complexity index is 565. The number of carboxylic acid groups (broad SMARTS) is 1. The van der Waals surface area contributed by atoms with Gasteiger partial charge in [0.15, 0.2) is 0 Å². The van der Waals surface area contributed by atoms with Crippen molar-refractivity contribution in [2.45, 2.75) is 26.1 Å². The van der Waals surface area contributed by atoms with Crippen LogP contribution < -0.4 is 9.64 Å². The van der Waals surface area contributed by atoms with Gasteiger partial charge in [-0.05, 0) is 38.1 Å². The predicted octanol–water partition coefficient (Wildman–Crippen LogP) is 1.22. The number of nitrogens with zero attached hydrogens (tertiary/aromatic N) is 2. The molecule has 1 amide bonds. The zero-order valence-electron chi connectivity index (χ0n) is 14.3. The number of benzene rings is 1. The van der Waals surface area contributed by atoms with Crippen LogP contribution in [-0.4, -0.2) is 67.4 Å². The van der Waals surface area contributed by atoms with Gasteiger partial charge < -0.3 is 24.4 Å². The first kappa shape index (κ1) is 18.1. The molecule has 1 aliphatic heterocycles. The van der Waals surface area contributed by atoms with E-state index in [0.29, 0.717) is 24.5 Å². The maximum atomic E-state index is 12.6. The highest BCUT2D eigenvalue weighted by molar-refractivity contribution is 5.84. The lowest BCUT2D eigenvalue weighted by atomic mass is 10.2. The average molecular weight is 336 g/mol. The molecule has 132 valence electrons. The molecule has 0 saturated carbocycles. The quantitative estimate of drug-likeness (QED) is 0.841. The van der Waals surface area contributed by atoms with E-state index in [0.717, 1.165) is 0 Å². The van der Waals surface area contributed by atoms with Crippen LogP contribution in [0.15, 0.2) is 24.3 Å². The van der Waals surface area contributed by atoms with Crippen molar-refractivity contribution in [2.75, 3.05) is 38.2 Å². The molecule has 2 atom stereocenters. The third kappa shape index (κ3) is 4.86. The minimum absolute atomic E-state index is 0.0120. The highest BCUT2D eigenvalue weighted by atomic mass is 16.5. The molecular formula is C17H24N2O5. The van der Waals surface area contributed by atoms with E-state index >= 15 is 0 Å². The molecule has 0 unspecified atom stereocenters. The third-order valence-corrected chi connectivity index (χ3v) is 3.86. The zero-order chi connectivity index (χ0) is 17.7. The first-order chi connectivity index (χ1) is 11.4. The normalized spacial score (nSPS) is 20.5. The number of morpholine rings is 1. The molecule has 1 N–H and O–H groups in total. The number of aliphatic carboxylic acids is 1. The van der Waals surface area contributed by atoms with E-state index in [1.54, 1.807) is 41.2 Å². The summed E-state index contributed by atoms with van der Waals surface area (Å²) in [7, 11) is 1.56. The van der Waals surface area contributed by atoms with E-state index in [9.17, 15) is 9.59 Å². The number of methoxy groups -OCH3 is 1. The Kier molecular flexibility index (Phi) is 6.03. The van der Waals surface area contributed by atoms with E-state index in [1.165, 1.54) is 0 Å². The molecule has 0 spiro atoms. The highest BCUT2D eigenvalue weighted by Gasteiger charge is 2.27. The van der Waals surface area contributed by atoms with Gasteiger partial charge in [-0.1, -0.05) is 0 Å². The van der Waals surface area contributed by atoms with Crippen molar-refractivity contribution < 1.29 is 24.2 Å². The average Bonchev–Trinajstić information content (AvgIpc) is 2.53. The number of carbonyl (C=O) groups excluding carboxylic acids is 1. The molecule has 1 heterocycles. The lowest BCUT2D eigenvalue weighted by Crippen LogP contribution is -2.51. The van der Waals surface area contributed by atoms with Crippen molar-refractivity contribution in [3.63, 3.8) is 0 Å². The molecule has 0 aromatic heterocycles. The highest BCUT2D eigenvalue weighted by Crippen LogP contribution is 2.20. The lowest BCUT2D eigenvalue weighted by molar-refractivity contribution is -0.141. The second-order valence-electron chi connectivity index (χ2n) is 6.00. The Hall–Kier alpha value is -2.28. The van der Waals surface area contributed by atoms with Crippen molar-refractivity contribution in [3.8, 4) is 5.75 Å². The summed E-state index contributed by atoms with van der Waals surface area (Å²) in [5.74, 6) is -0.410. The van der Waals surface area contributed by atoms with Gasteiger partial charge >= 0.3 is 5.97 Å². The molecule has 1 aromatic carbocycles. The maximum absolute atomic E-state index is 12.6. The fraction of sp³-hybridized carbons (Fsp3) is 0.529. The van der Waals surface area contributed by atoms with Gasteiger partial charge in [-0.2, -0.15) is 0 Å². The summed E-state index contributed by atoms with van der Waals surface area (Å²) in [5, 5.41) is 9.14. The largest absolute Gasteiger partial charge is 0.497 e. The maximum Gasteiger partial charge on any atom is 0.323 e. The Morgan fingerprint density at radius 3 is 2.29 bits per heavy atom. The van der Waals surface area contributed by atoms with Crippen LogP contribution in [0.4, 0.5) is 5.69 Å². The minimum Gasteiger partial charge on any atom is -0.497 e. The van der Waals surface area contributed by atoms with Crippen LogP contribution in [0.3, 0.4) is 0 Å². The SMILES string of the molecule is COc1ccc(N(CC(=O)O)CC(=O)N2C[C@@H](C)O[C@@H](C)C2)cc1. The summed E-state index contributed by atoms with van der Waals surface area (Å²) >= 11 is 0. The van der Waals surface area contributed by atoms with Gasteiger partial charge in [-0.3, -0.25) is 9.59 Å². The molecule has 1 saturated heterocycles. The van der Waals surface area contributed by atoms with Crippen LogP contribution in [0.25, 0.3) is 0 Å². The van der Waals surface area contributed by atoms with Crippen LogP contribution in [0.1, 0.15) is 13.8 Å². The first-order valence-electron chi connectivity index (χ1n) is 7.93. The number of ether oxygens (including phenoxy) is 2. The fourth-order valence-electron chi connectivity index (χ4n) is 2.84. The van der Waals surface area contributed by atoms with Gasteiger partial charge in [-0.15, -0.1) is 0 Å². The Morgan fingerprint density at radius 2 is 1.79 bits per heavy atom. The van der Waals surface area contributed by atoms with Crippen LogP contribution in [0.5, 0.6) is 5.75 Å². The molecule has 24 heavy (non-hydrogen) atoms. The predicted molar refractivity (Wildman–Crippen MR) is 89.4 cm³/mol. The molecule has 7 nitrogen and oxygen atoms in total. The van der Waals surface area contributed by atoms with Crippen molar-refractivity contribution in [1.82, 2.24) is 4.90 Å². The first-order valence-corrected chi connectivity index (χ1v) is 7.93. The second kappa shape index (κ2) is 8.01. The summed E-state index contributed by atoms with van der Waals surface area (Å²) < 4.78 is 10.7. The van der Waals surface area contributed by atoms with Crippen molar-refractivity contribution in [3.05, 3.63) is 24.3 Å². The smallest absolute Gasteiger partial charge is 0.323 e. The Labute approximate surface area is 141 Å². The van der Waals surface area contributed by atoms with Crippen molar-refractivity contribution >= 4 is 17.6 Å². The van der Waals surface area contributed by atoms with E-state index in [2.05, 4.69) is 0 Å². The second-order valence-corrected chi connectivity index (χ2v) is 6.00. The standard InChI is InChI=1S/C17H24N2O5/c1-12-8-19(9-13(2)24-12)16(20)10-18(11-17(21)22)14-4-6-15(23-3)7-5-14/h4-7,12-13H,8-11H2,1-3H3,(H,21,22)/t12-,13+. The van der Waals surface area contributed by atoms with Gasteiger partial charge in [0.25, 0.3) is 0 Å². The summed E-state index contributed by atoms with van der Waals surface area (Å²) in [6.07, 6.45) is -0.0433. The summed E-state index contributed by atoms with van der Waals surface area (Å²) in [5.41, 5.74) is 0.668. The molecule has 2 rings (SSSR count). The van der Waals surface area contributed by atoms with Crippen molar-refractivity contribution in [1.29, 1.82) is 0 Å². The molecule has 7 heteroatoms. The van der Waals surface area contributed by atoms with Crippen LogP contribution in [-0.2, 0) is 14.3 Å². The van der Waals surface area contributed by atoms with E-state index in [1.807, 2.05) is 13.8 Å². The number of carbonyl (C=O) groups is 2. The molecule has 1 aromatic rings.